The van der Waals surface area contributed by atoms with E-state index in [-0.39, 0.29) is 4.90 Å². The molecule has 28 heavy (non-hydrogen) atoms. The molecule has 1 saturated heterocycles. The van der Waals surface area contributed by atoms with Crippen molar-refractivity contribution in [2.75, 3.05) is 30.1 Å². The Morgan fingerprint density at radius 1 is 1.00 bits per heavy atom. The number of hydrogen-bond acceptors (Lipinski definition) is 7. The normalized spacial score (nSPS) is 15.5. The predicted octanol–water partition coefficient (Wildman–Crippen LogP) is 3.37. The lowest BCUT2D eigenvalue weighted by Gasteiger charge is -2.24. The molecule has 2 heterocycles. The Morgan fingerprint density at radius 2 is 1.71 bits per heavy atom. The largest absolute Gasteiger partial charge is 0.382 e. The van der Waals surface area contributed by atoms with Gasteiger partial charge in [-0.15, -0.1) is 0 Å². The van der Waals surface area contributed by atoms with Crippen molar-refractivity contribution in [2.24, 2.45) is 0 Å². The number of benzene rings is 2. The van der Waals surface area contributed by atoms with Gasteiger partial charge in [-0.2, -0.15) is 0 Å². The molecule has 1 aliphatic rings. The third kappa shape index (κ3) is 4.23. The third-order valence-electron chi connectivity index (χ3n) is 4.77. The fourth-order valence-electron chi connectivity index (χ4n) is 3.23. The molecule has 0 atom stereocenters. The van der Waals surface area contributed by atoms with Gasteiger partial charge >= 0.3 is 0 Å². The average molecular weight is 398 g/mol. The fraction of sp³-hybridized carbons (Fsp3) is 0.300. The number of nitrogens with one attached hydrogen (secondary N) is 2. The molecular weight excluding hydrogens is 376 g/mol. The second kappa shape index (κ2) is 7.73. The summed E-state index contributed by atoms with van der Waals surface area (Å²) in [6.07, 6.45) is 4.67. The van der Waals surface area contributed by atoms with E-state index in [4.69, 9.17) is 4.74 Å². The smallest absolute Gasteiger partial charge is 0.175 e. The van der Waals surface area contributed by atoms with Crippen molar-refractivity contribution in [1.82, 2.24) is 9.97 Å². The Morgan fingerprint density at radius 3 is 2.43 bits per heavy atom. The highest BCUT2D eigenvalue weighted by Crippen LogP contribution is 2.26. The summed E-state index contributed by atoms with van der Waals surface area (Å²) in [5, 5.41) is 7.45. The van der Waals surface area contributed by atoms with Gasteiger partial charge in [0, 0.05) is 42.3 Å². The third-order valence-corrected chi connectivity index (χ3v) is 5.88. The second-order valence-electron chi connectivity index (χ2n) is 6.91. The highest BCUT2D eigenvalue weighted by atomic mass is 32.2. The molecule has 0 bridgehead atoms. The first-order valence-corrected chi connectivity index (χ1v) is 11.0. The highest BCUT2D eigenvalue weighted by Gasteiger charge is 2.14. The van der Waals surface area contributed by atoms with Crippen LogP contribution < -0.4 is 10.6 Å². The van der Waals surface area contributed by atoms with Crippen LogP contribution in [0, 0.1) is 0 Å². The summed E-state index contributed by atoms with van der Waals surface area (Å²) in [5.74, 6) is 0.570. The summed E-state index contributed by atoms with van der Waals surface area (Å²) < 4.78 is 29.1. The Labute approximate surface area is 164 Å². The first-order valence-electron chi connectivity index (χ1n) is 9.15. The lowest BCUT2D eigenvalue weighted by molar-refractivity contribution is 0.0904. The maximum Gasteiger partial charge on any atom is 0.175 e. The quantitative estimate of drug-likeness (QED) is 0.680. The van der Waals surface area contributed by atoms with E-state index in [1.54, 1.807) is 18.2 Å². The number of hydrogen-bond donors (Lipinski definition) is 2. The van der Waals surface area contributed by atoms with Gasteiger partial charge in [0.25, 0.3) is 0 Å². The minimum atomic E-state index is -3.30. The van der Waals surface area contributed by atoms with Crippen molar-refractivity contribution in [2.45, 2.75) is 23.8 Å². The standard InChI is InChI=1S/C20H22N4O3S/c1-28(25,26)17-6-7-19-18(12-17)20(22-13-21-19)24-15-4-2-14(3-5-15)23-16-8-10-27-11-9-16/h2-7,12-13,16,23H,8-11H2,1H3,(H,21,22,24). The molecule has 0 unspecified atom stereocenters. The van der Waals surface area contributed by atoms with Crippen LogP contribution in [-0.2, 0) is 14.6 Å². The number of sulfone groups is 1. The van der Waals surface area contributed by atoms with Gasteiger partial charge in [-0.1, -0.05) is 0 Å². The summed E-state index contributed by atoms with van der Waals surface area (Å²) >= 11 is 0. The van der Waals surface area contributed by atoms with Crippen LogP contribution in [0.2, 0.25) is 0 Å². The van der Waals surface area contributed by atoms with Crippen molar-refractivity contribution < 1.29 is 13.2 Å². The number of ether oxygens (including phenoxy) is 1. The van der Waals surface area contributed by atoms with Crippen LogP contribution in [0.25, 0.3) is 10.9 Å². The number of rotatable bonds is 5. The Balaban J connectivity index is 1.55. The van der Waals surface area contributed by atoms with Crippen LogP contribution in [0.4, 0.5) is 17.2 Å². The van der Waals surface area contributed by atoms with Crippen LogP contribution in [-0.4, -0.2) is 43.9 Å². The van der Waals surface area contributed by atoms with Crippen molar-refractivity contribution in [3.63, 3.8) is 0 Å². The monoisotopic (exact) mass is 398 g/mol. The minimum Gasteiger partial charge on any atom is -0.382 e. The SMILES string of the molecule is CS(=O)(=O)c1ccc2ncnc(Nc3ccc(NC4CCOCC4)cc3)c2c1. The van der Waals surface area contributed by atoms with Crippen molar-refractivity contribution in [3.8, 4) is 0 Å². The Kier molecular flexibility index (Phi) is 5.15. The first-order chi connectivity index (χ1) is 13.5. The summed E-state index contributed by atoms with van der Waals surface area (Å²) in [6, 6.07) is 13.3. The minimum absolute atomic E-state index is 0.244. The zero-order valence-corrected chi connectivity index (χ0v) is 16.4. The molecule has 4 rings (SSSR count). The average Bonchev–Trinajstić information content (AvgIpc) is 2.69. The molecule has 0 saturated carbocycles. The molecule has 1 aromatic heterocycles. The van der Waals surface area contributed by atoms with Gasteiger partial charge in [0.15, 0.2) is 9.84 Å². The zero-order valence-electron chi connectivity index (χ0n) is 15.6. The van der Waals surface area contributed by atoms with E-state index in [0.717, 1.165) is 37.4 Å². The molecule has 0 aliphatic carbocycles. The van der Waals surface area contributed by atoms with Crippen molar-refractivity contribution in [1.29, 1.82) is 0 Å². The van der Waals surface area contributed by atoms with Crippen LogP contribution >= 0.6 is 0 Å². The number of fused-ring (bicyclic) bond motifs is 1. The molecule has 7 nitrogen and oxygen atoms in total. The van der Waals surface area contributed by atoms with Gasteiger partial charge in [-0.25, -0.2) is 18.4 Å². The summed E-state index contributed by atoms with van der Waals surface area (Å²) in [5.41, 5.74) is 2.61. The number of anilines is 3. The van der Waals surface area contributed by atoms with Gasteiger partial charge < -0.3 is 15.4 Å². The van der Waals surface area contributed by atoms with Gasteiger partial charge in [0.1, 0.15) is 12.1 Å². The van der Waals surface area contributed by atoms with E-state index >= 15 is 0 Å². The van der Waals surface area contributed by atoms with Crippen molar-refractivity contribution >= 4 is 37.9 Å². The van der Waals surface area contributed by atoms with Gasteiger partial charge in [-0.05, 0) is 55.3 Å². The number of aromatic nitrogens is 2. The summed E-state index contributed by atoms with van der Waals surface area (Å²) in [4.78, 5) is 8.76. The molecule has 2 N–H and O–H groups in total. The van der Waals surface area contributed by atoms with E-state index in [1.807, 2.05) is 24.3 Å². The van der Waals surface area contributed by atoms with E-state index in [0.29, 0.717) is 22.8 Å². The van der Waals surface area contributed by atoms with Gasteiger partial charge in [0.2, 0.25) is 0 Å². The van der Waals surface area contributed by atoms with Crippen molar-refractivity contribution in [3.05, 3.63) is 48.8 Å². The maximum atomic E-state index is 11.9. The molecule has 0 radical (unpaired) electrons. The fourth-order valence-corrected chi connectivity index (χ4v) is 3.88. The van der Waals surface area contributed by atoms with E-state index in [2.05, 4.69) is 20.6 Å². The molecule has 1 fully saturated rings. The van der Waals surface area contributed by atoms with E-state index < -0.39 is 9.84 Å². The molecule has 3 aromatic rings. The van der Waals surface area contributed by atoms with Gasteiger partial charge in [-0.3, -0.25) is 0 Å². The summed E-state index contributed by atoms with van der Waals surface area (Å²) in [6.45, 7) is 1.60. The lowest BCUT2D eigenvalue weighted by atomic mass is 10.1. The van der Waals surface area contributed by atoms with E-state index in [1.165, 1.54) is 12.6 Å². The molecule has 0 spiro atoms. The highest BCUT2D eigenvalue weighted by molar-refractivity contribution is 7.90. The van der Waals surface area contributed by atoms with Gasteiger partial charge in [0.05, 0.1) is 10.4 Å². The van der Waals surface area contributed by atoms with Crippen LogP contribution in [0.3, 0.4) is 0 Å². The van der Waals surface area contributed by atoms with Crippen LogP contribution in [0.15, 0.2) is 53.7 Å². The lowest BCUT2D eigenvalue weighted by Crippen LogP contribution is -2.27. The molecule has 2 aromatic carbocycles. The van der Waals surface area contributed by atoms with Crippen LogP contribution in [0.1, 0.15) is 12.8 Å². The van der Waals surface area contributed by atoms with E-state index in [9.17, 15) is 8.42 Å². The maximum absolute atomic E-state index is 11.9. The molecule has 146 valence electrons. The molecule has 1 aliphatic heterocycles. The molecular formula is C20H22N4O3S. The summed E-state index contributed by atoms with van der Waals surface area (Å²) in [7, 11) is -3.30. The second-order valence-corrected chi connectivity index (χ2v) is 8.92. The predicted molar refractivity (Wildman–Crippen MR) is 110 cm³/mol. The Bertz CT molecular complexity index is 1080. The topological polar surface area (TPSA) is 93.2 Å². The Hall–Kier alpha value is -2.71. The first kappa shape index (κ1) is 18.6. The molecule has 0 amide bonds. The zero-order chi connectivity index (χ0) is 19.6. The molecule has 8 heteroatoms. The number of nitrogens with zero attached hydrogens (tertiary/aromatic N) is 2. The van der Waals surface area contributed by atoms with Crippen LogP contribution in [0.5, 0.6) is 0 Å².